The second-order valence-corrected chi connectivity index (χ2v) is 11.2. The molecule has 2 aromatic heterocycles. The van der Waals surface area contributed by atoms with Crippen molar-refractivity contribution >= 4 is 28.1 Å². The Bertz CT molecular complexity index is 1710. The lowest BCUT2D eigenvalue weighted by atomic mass is 10.0. The van der Waals surface area contributed by atoms with Gasteiger partial charge in [-0.05, 0) is 29.5 Å². The second kappa shape index (κ2) is 11.6. The summed E-state index contributed by atoms with van der Waals surface area (Å²) in [4.78, 5) is 27.1. The predicted octanol–water partition coefficient (Wildman–Crippen LogP) is 3.70. The van der Waals surface area contributed by atoms with Crippen molar-refractivity contribution in [3.8, 4) is 12.1 Å². The summed E-state index contributed by atoms with van der Waals surface area (Å²) in [6, 6.07) is 15.7. The smallest absolute Gasteiger partial charge is 0.336 e. The van der Waals surface area contributed by atoms with Crippen LogP contribution in [0.15, 0.2) is 61.3 Å². The first-order valence-corrected chi connectivity index (χ1v) is 14.2. The molecule has 43 heavy (non-hydrogen) atoms. The van der Waals surface area contributed by atoms with Gasteiger partial charge in [0.1, 0.15) is 6.61 Å². The van der Waals surface area contributed by atoms with E-state index in [2.05, 4.69) is 42.0 Å². The van der Waals surface area contributed by atoms with Crippen molar-refractivity contribution in [2.75, 3.05) is 44.7 Å². The largest absolute Gasteiger partial charge is 0.461 e. The highest BCUT2D eigenvalue weighted by Crippen LogP contribution is 2.32. The van der Waals surface area contributed by atoms with Crippen LogP contribution in [0, 0.1) is 11.3 Å². The number of hydrogen-bond acceptors (Lipinski definition) is 8. The Kier molecular flexibility index (Phi) is 7.66. The van der Waals surface area contributed by atoms with Crippen molar-refractivity contribution in [1.29, 1.82) is 5.26 Å². The number of halogens is 2. The van der Waals surface area contributed by atoms with Crippen LogP contribution in [0.2, 0.25) is 0 Å². The first-order valence-electron chi connectivity index (χ1n) is 14.2. The maximum Gasteiger partial charge on any atom is 0.336 e. The van der Waals surface area contributed by atoms with Gasteiger partial charge < -0.3 is 14.5 Å². The lowest BCUT2D eigenvalue weighted by Crippen LogP contribution is -2.55. The lowest BCUT2D eigenvalue weighted by Gasteiger charge is -2.40. The third-order valence-electron chi connectivity index (χ3n) is 8.26. The number of nitriles is 1. The predicted molar refractivity (Wildman–Crippen MR) is 157 cm³/mol. The topological polar surface area (TPSA) is 103 Å². The van der Waals surface area contributed by atoms with E-state index < -0.39 is 12.0 Å². The molecule has 2 fully saturated rings. The SMILES string of the molecule is C=CC(=O)N1CCN(c2nc(OCC3CC(F)(F)CN3C)nn3c(Cc4cccc5ccccc45)cnc23)CC1CC#N. The van der Waals surface area contributed by atoms with Crippen LogP contribution in [0.25, 0.3) is 16.4 Å². The summed E-state index contributed by atoms with van der Waals surface area (Å²) in [7, 11) is 1.65. The van der Waals surface area contributed by atoms with Crippen molar-refractivity contribution in [2.24, 2.45) is 0 Å². The Morgan fingerprint density at radius 3 is 2.79 bits per heavy atom. The van der Waals surface area contributed by atoms with Gasteiger partial charge in [-0.25, -0.2) is 18.3 Å². The number of rotatable bonds is 8. The quantitative estimate of drug-likeness (QED) is 0.288. The van der Waals surface area contributed by atoms with Crippen LogP contribution in [0.4, 0.5) is 14.6 Å². The highest BCUT2D eigenvalue weighted by atomic mass is 19.3. The molecular weight excluding hydrogens is 554 g/mol. The Hall–Kier alpha value is -4.63. The number of fused-ring (bicyclic) bond motifs is 2. The summed E-state index contributed by atoms with van der Waals surface area (Å²) in [5, 5.41) is 16.4. The number of carbonyl (C=O) groups excluding carboxylic acids is 1. The second-order valence-electron chi connectivity index (χ2n) is 11.2. The van der Waals surface area contributed by atoms with E-state index in [4.69, 9.17) is 14.7 Å². The molecule has 0 bridgehead atoms. The van der Waals surface area contributed by atoms with E-state index >= 15 is 0 Å². The van der Waals surface area contributed by atoms with Gasteiger partial charge in [-0.3, -0.25) is 9.69 Å². The molecule has 0 N–H and O–H groups in total. The van der Waals surface area contributed by atoms with Gasteiger partial charge in [0.2, 0.25) is 5.91 Å². The molecule has 4 heterocycles. The van der Waals surface area contributed by atoms with E-state index in [1.807, 2.05) is 23.1 Å². The Balaban J connectivity index is 1.36. The minimum absolute atomic E-state index is 0.00304. The molecule has 6 rings (SSSR count). The van der Waals surface area contributed by atoms with Gasteiger partial charge in [-0.1, -0.05) is 49.0 Å². The molecule has 4 aromatic rings. The summed E-state index contributed by atoms with van der Waals surface area (Å²) < 4.78 is 35.7. The number of anilines is 1. The first-order chi connectivity index (χ1) is 20.8. The van der Waals surface area contributed by atoms with Crippen LogP contribution in [0.3, 0.4) is 0 Å². The fraction of sp³-hybridized carbons (Fsp3) is 0.387. The minimum Gasteiger partial charge on any atom is -0.461 e. The van der Waals surface area contributed by atoms with Gasteiger partial charge in [0.05, 0.1) is 37.0 Å². The monoisotopic (exact) mass is 586 g/mol. The van der Waals surface area contributed by atoms with E-state index in [-0.39, 0.29) is 44.0 Å². The molecular formula is C31H32F2N8O2. The van der Waals surface area contributed by atoms with Crippen LogP contribution >= 0.6 is 0 Å². The number of nitrogens with zero attached hydrogens (tertiary/aromatic N) is 8. The number of carbonyl (C=O) groups is 1. The number of amides is 1. The lowest BCUT2D eigenvalue weighted by molar-refractivity contribution is -0.128. The van der Waals surface area contributed by atoms with Gasteiger partial charge in [0, 0.05) is 38.5 Å². The first kappa shape index (κ1) is 28.5. The van der Waals surface area contributed by atoms with Gasteiger partial charge in [-0.15, -0.1) is 5.10 Å². The third-order valence-corrected chi connectivity index (χ3v) is 8.26. The highest BCUT2D eigenvalue weighted by molar-refractivity contribution is 5.87. The minimum atomic E-state index is -2.77. The van der Waals surface area contributed by atoms with Gasteiger partial charge in [0.25, 0.3) is 5.92 Å². The molecule has 2 saturated heterocycles. The van der Waals surface area contributed by atoms with Crippen LogP contribution in [0.1, 0.15) is 24.1 Å². The molecule has 0 radical (unpaired) electrons. The van der Waals surface area contributed by atoms with Crippen molar-refractivity contribution < 1.29 is 18.3 Å². The molecule has 0 spiro atoms. The zero-order chi connectivity index (χ0) is 30.1. The molecule has 2 unspecified atom stereocenters. The van der Waals surface area contributed by atoms with Crippen molar-refractivity contribution in [3.05, 3.63) is 72.6 Å². The number of imidazole rings is 1. The van der Waals surface area contributed by atoms with Crippen LogP contribution in [0.5, 0.6) is 6.01 Å². The van der Waals surface area contributed by atoms with Crippen molar-refractivity contribution in [2.45, 2.75) is 37.3 Å². The number of benzene rings is 2. The maximum atomic E-state index is 14.0. The number of piperazine rings is 1. The Labute approximate surface area is 247 Å². The van der Waals surface area contributed by atoms with E-state index in [0.29, 0.717) is 37.5 Å². The molecule has 2 atom stereocenters. The van der Waals surface area contributed by atoms with E-state index in [9.17, 15) is 18.8 Å². The molecule has 12 heteroatoms. The van der Waals surface area contributed by atoms with E-state index in [0.717, 1.165) is 22.0 Å². The fourth-order valence-electron chi connectivity index (χ4n) is 6.08. The molecule has 2 aromatic carbocycles. The molecule has 222 valence electrons. The number of likely N-dealkylation sites (tertiary alicyclic amines) is 1. The molecule has 2 aliphatic rings. The third kappa shape index (κ3) is 5.72. The number of likely N-dealkylation sites (N-methyl/N-ethyl adjacent to an activating group) is 1. The van der Waals surface area contributed by atoms with Gasteiger partial charge in [-0.2, -0.15) is 10.2 Å². The highest BCUT2D eigenvalue weighted by Gasteiger charge is 2.43. The average molecular weight is 587 g/mol. The maximum absolute atomic E-state index is 14.0. The fourth-order valence-corrected chi connectivity index (χ4v) is 6.08. The van der Waals surface area contributed by atoms with Crippen molar-refractivity contribution in [3.63, 3.8) is 0 Å². The zero-order valence-electron chi connectivity index (χ0n) is 23.9. The number of hydrogen-bond donors (Lipinski definition) is 0. The molecule has 1 amide bonds. The molecule has 2 aliphatic heterocycles. The molecule has 0 aliphatic carbocycles. The molecule has 10 nitrogen and oxygen atoms in total. The summed E-state index contributed by atoms with van der Waals surface area (Å²) >= 11 is 0. The number of ether oxygens (including phenoxy) is 1. The summed E-state index contributed by atoms with van der Waals surface area (Å²) in [6.45, 7) is 4.44. The zero-order valence-corrected chi connectivity index (χ0v) is 23.9. The summed E-state index contributed by atoms with van der Waals surface area (Å²) in [6.07, 6.45) is 3.39. The van der Waals surface area contributed by atoms with Crippen LogP contribution in [-0.4, -0.2) is 93.1 Å². The number of alkyl halides is 2. The Morgan fingerprint density at radius 2 is 2.02 bits per heavy atom. The van der Waals surface area contributed by atoms with Crippen molar-refractivity contribution in [1.82, 2.24) is 29.4 Å². The standard InChI is InChI=1S/C31H32F2N8O2/c1-3-27(42)40-14-13-39(18-23(40)11-12-34)29-28-35-17-24(15-22-9-6-8-21-7-4-5-10-26(21)22)41(28)37-30(36-29)43-19-25-16-31(32,33)20-38(25)2/h3-10,17,23,25H,1,11,13-16,18-20H2,2H3. The number of aromatic nitrogens is 4. The Morgan fingerprint density at radius 1 is 1.21 bits per heavy atom. The van der Waals surface area contributed by atoms with Crippen LogP contribution in [-0.2, 0) is 11.2 Å². The van der Waals surface area contributed by atoms with E-state index in [1.165, 1.54) is 6.08 Å². The average Bonchev–Trinajstić information content (AvgIpc) is 3.53. The normalized spacial score (nSPS) is 20.4. The summed E-state index contributed by atoms with van der Waals surface area (Å²) in [5.41, 5.74) is 2.41. The van der Waals surface area contributed by atoms with Gasteiger partial charge >= 0.3 is 6.01 Å². The van der Waals surface area contributed by atoms with Crippen LogP contribution < -0.4 is 9.64 Å². The van der Waals surface area contributed by atoms with E-state index in [1.54, 1.807) is 27.6 Å². The van der Waals surface area contributed by atoms with Gasteiger partial charge in [0.15, 0.2) is 11.5 Å². The summed E-state index contributed by atoms with van der Waals surface area (Å²) in [5.74, 6) is -2.51. The molecule has 0 saturated carbocycles.